The van der Waals surface area contributed by atoms with Crippen LogP contribution in [0.2, 0.25) is 0 Å². The van der Waals surface area contributed by atoms with Crippen LogP contribution in [-0.2, 0) is 19.2 Å². The molecule has 12 nitrogen and oxygen atoms in total. The summed E-state index contributed by atoms with van der Waals surface area (Å²) >= 11 is 0. The molecule has 5 unspecified atom stereocenters. The molecule has 8 N–H and O–H groups in total. The topological polar surface area (TPSA) is 197 Å². The molecule has 1 fully saturated rings. The Morgan fingerprint density at radius 1 is 1.04 bits per heavy atom. The minimum atomic E-state index is -1.61. The highest BCUT2D eigenvalue weighted by molar-refractivity contribution is 5.94. The smallest absolute Gasteiger partial charge is 0.328 e. The number of aliphatic carboxylic acids is 1. The number of aliphatic hydroxyl groups excluding tert-OH is 3. The molecule has 0 aromatic heterocycles. The number of aliphatic hydroxyl groups is 3. The summed E-state index contributed by atoms with van der Waals surface area (Å²) in [5.41, 5.74) is 0. The lowest BCUT2D eigenvalue weighted by Crippen LogP contribution is -2.60. The molecule has 3 amide bonds. The lowest BCUT2D eigenvalue weighted by atomic mass is 10.1. The van der Waals surface area contributed by atoms with E-state index in [9.17, 15) is 29.4 Å². The van der Waals surface area contributed by atoms with Gasteiger partial charge in [0.1, 0.15) is 18.1 Å². The highest BCUT2D eigenvalue weighted by Gasteiger charge is 2.33. The number of carboxylic acid groups (broad SMARTS) is 1. The molecule has 1 aliphatic heterocycles. The maximum Gasteiger partial charge on any atom is 0.328 e. The van der Waals surface area contributed by atoms with E-state index in [0.717, 1.165) is 6.42 Å². The summed E-state index contributed by atoms with van der Waals surface area (Å²) in [5.74, 6) is -3.95. The molecule has 0 aromatic rings. The highest BCUT2D eigenvalue weighted by Crippen LogP contribution is 2.06. The van der Waals surface area contributed by atoms with Crippen LogP contribution in [0, 0.1) is 0 Å². The Morgan fingerprint density at radius 2 is 1.63 bits per heavy atom. The minimum Gasteiger partial charge on any atom is -0.480 e. The quantitative estimate of drug-likeness (QED) is 0.182. The van der Waals surface area contributed by atoms with Crippen molar-refractivity contribution in [2.45, 2.75) is 50.0 Å². The number of carbonyl (C=O) groups excluding carboxylic acids is 3. The molecule has 0 spiro atoms. The second-order valence-electron chi connectivity index (χ2n) is 6.20. The maximum atomic E-state index is 12.3. The molecule has 5 atom stereocenters. The monoisotopic (exact) mass is 390 g/mol. The van der Waals surface area contributed by atoms with Gasteiger partial charge in [0.25, 0.3) is 0 Å². The zero-order chi connectivity index (χ0) is 20.6. The summed E-state index contributed by atoms with van der Waals surface area (Å²) in [6, 6.07) is -5.01. The van der Waals surface area contributed by atoms with Gasteiger partial charge in [0.05, 0.1) is 25.4 Å². The van der Waals surface area contributed by atoms with E-state index in [-0.39, 0.29) is 0 Å². The Morgan fingerprint density at radius 3 is 2.07 bits per heavy atom. The van der Waals surface area contributed by atoms with Crippen LogP contribution in [0.3, 0.4) is 0 Å². The lowest BCUT2D eigenvalue weighted by Gasteiger charge is -2.25. The first-order valence-electron chi connectivity index (χ1n) is 8.48. The van der Waals surface area contributed by atoms with Crippen molar-refractivity contribution in [2.75, 3.05) is 19.8 Å². The van der Waals surface area contributed by atoms with Crippen molar-refractivity contribution in [1.82, 2.24) is 21.3 Å². The molecule has 27 heavy (non-hydrogen) atoms. The van der Waals surface area contributed by atoms with E-state index < -0.39 is 67.2 Å². The maximum absolute atomic E-state index is 12.3. The normalized spacial score (nSPS) is 20.8. The zero-order valence-electron chi connectivity index (χ0n) is 14.8. The predicted octanol–water partition coefficient (Wildman–Crippen LogP) is -4.36. The molecule has 1 rings (SSSR count). The summed E-state index contributed by atoms with van der Waals surface area (Å²) in [5, 5.41) is 46.2. The van der Waals surface area contributed by atoms with Crippen LogP contribution in [0.4, 0.5) is 0 Å². The van der Waals surface area contributed by atoms with Gasteiger partial charge in [0, 0.05) is 0 Å². The van der Waals surface area contributed by atoms with E-state index in [1.807, 2.05) is 5.32 Å². The summed E-state index contributed by atoms with van der Waals surface area (Å²) in [4.78, 5) is 47.3. The van der Waals surface area contributed by atoms with Gasteiger partial charge in [0.15, 0.2) is 0 Å². The SMILES string of the molecule is CC(O)C(NC(=O)C1CCCN1)C(=O)NC(CO)C(=O)NC(CO)C(=O)O. The van der Waals surface area contributed by atoms with Crippen LogP contribution in [0.25, 0.3) is 0 Å². The highest BCUT2D eigenvalue weighted by atomic mass is 16.4. The largest absolute Gasteiger partial charge is 0.480 e. The summed E-state index contributed by atoms with van der Waals surface area (Å²) < 4.78 is 0. The van der Waals surface area contributed by atoms with Gasteiger partial charge in [-0.15, -0.1) is 0 Å². The molecular formula is C15H26N4O8. The van der Waals surface area contributed by atoms with Gasteiger partial charge in [-0.05, 0) is 26.3 Å². The molecule has 154 valence electrons. The second kappa shape index (κ2) is 10.8. The van der Waals surface area contributed by atoms with Crippen molar-refractivity contribution in [3.8, 4) is 0 Å². The average molecular weight is 390 g/mol. The van der Waals surface area contributed by atoms with Gasteiger partial charge in [-0.2, -0.15) is 0 Å². The van der Waals surface area contributed by atoms with Gasteiger partial charge >= 0.3 is 5.97 Å². The van der Waals surface area contributed by atoms with Crippen molar-refractivity contribution < 1.29 is 39.6 Å². The number of amides is 3. The van der Waals surface area contributed by atoms with Gasteiger partial charge in [0.2, 0.25) is 17.7 Å². The number of carboxylic acids is 1. The van der Waals surface area contributed by atoms with Crippen LogP contribution < -0.4 is 21.3 Å². The Hall–Kier alpha value is -2.28. The Labute approximate surface area is 155 Å². The number of nitrogens with one attached hydrogen (secondary N) is 4. The molecule has 1 heterocycles. The van der Waals surface area contributed by atoms with E-state index in [0.29, 0.717) is 13.0 Å². The zero-order valence-corrected chi connectivity index (χ0v) is 14.8. The lowest BCUT2D eigenvalue weighted by molar-refractivity contribution is -0.143. The fourth-order valence-electron chi connectivity index (χ4n) is 2.48. The number of rotatable bonds is 10. The van der Waals surface area contributed by atoms with E-state index in [2.05, 4.69) is 16.0 Å². The van der Waals surface area contributed by atoms with Crippen LogP contribution in [0.1, 0.15) is 19.8 Å². The van der Waals surface area contributed by atoms with E-state index in [1.54, 1.807) is 0 Å². The van der Waals surface area contributed by atoms with Crippen molar-refractivity contribution in [3.05, 3.63) is 0 Å². The van der Waals surface area contributed by atoms with Crippen LogP contribution >= 0.6 is 0 Å². The van der Waals surface area contributed by atoms with Crippen LogP contribution in [0.5, 0.6) is 0 Å². The fraction of sp³-hybridized carbons (Fsp3) is 0.733. The van der Waals surface area contributed by atoms with Crippen LogP contribution in [0.15, 0.2) is 0 Å². The third kappa shape index (κ3) is 6.75. The van der Waals surface area contributed by atoms with Crippen LogP contribution in [-0.4, -0.2) is 94.1 Å². The van der Waals surface area contributed by atoms with Crippen molar-refractivity contribution in [2.24, 2.45) is 0 Å². The van der Waals surface area contributed by atoms with Gasteiger partial charge in [-0.25, -0.2) is 4.79 Å². The average Bonchev–Trinajstić information content (AvgIpc) is 3.15. The number of carbonyl (C=O) groups is 4. The molecule has 1 aliphatic rings. The third-order valence-electron chi connectivity index (χ3n) is 4.05. The van der Waals surface area contributed by atoms with Gasteiger partial charge < -0.3 is 41.7 Å². The number of hydrogen-bond donors (Lipinski definition) is 8. The second-order valence-corrected chi connectivity index (χ2v) is 6.20. The minimum absolute atomic E-state index is 0.482. The first-order chi connectivity index (χ1) is 12.7. The van der Waals surface area contributed by atoms with E-state index in [1.165, 1.54) is 6.92 Å². The third-order valence-corrected chi connectivity index (χ3v) is 4.05. The molecule has 0 saturated carbocycles. The summed E-state index contributed by atoms with van der Waals surface area (Å²) in [6.07, 6.45) is 0.0905. The molecule has 12 heteroatoms. The Bertz CT molecular complexity index is 550. The first kappa shape index (κ1) is 22.8. The predicted molar refractivity (Wildman–Crippen MR) is 90.3 cm³/mol. The standard InChI is InChI=1S/C15H26N4O8/c1-7(22)11(19-12(23)8-3-2-4-16-8)14(25)17-9(5-20)13(24)18-10(6-21)15(26)27/h7-11,16,20-22H,2-6H2,1H3,(H,17,25)(H,18,24)(H,19,23)(H,26,27). The van der Waals surface area contributed by atoms with Crippen molar-refractivity contribution in [3.63, 3.8) is 0 Å². The van der Waals surface area contributed by atoms with Gasteiger partial charge in [-0.1, -0.05) is 0 Å². The number of hydrogen-bond acceptors (Lipinski definition) is 8. The molecule has 0 radical (unpaired) electrons. The van der Waals surface area contributed by atoms with E-state index >= 15 is 0 Å². The molecular weight excluding hydrogens is 364 g/mol. The summed E-state index contributed by atoms with van der Waals surface area (Å²) in [6.45, 7) is 0.187. The molecule has 1 saturated heterocycles. The van der Waals surface area contributed by atoms with Crippen molar-refractivity contribution in [1.29, 1.82) is 0 Å². The molecule has 0 aromatic carbocycles. The molecule has 0 aliphatic carbocycles. The van der Waals surface area contributed by atoms with Crippen molar-refractivity contribution >= 4 is 23.7 Å². The Balaban J connectivity index is 2.72. The van der Waals surface area contributed by atoms with Gasteiger partial charge in [-0.3, -0.25) is 14.4 Å². The Kier molecular flexibility index (Phi) is 9.08. The molecule has 0 bridgehead atoms. The first-order valence-corrected chi connectivity index (χ1v) is 8.48. The fourth-order valence-corrected chi connectivity index (χ4v) is 2.48. The summed E-state index contributed by atoms with van der Waals surface area (Å²) in [7, 11) is 0. The van der Waals surface area contributed by atoms with E-state index in [4.69, 9.17) is 10.2 Å².